The first-order chi connectivity index (χ1) is 7.88. The Bertz CT molecular complexity index is 323. The molecule has 2 rings (SSSR count). The minimum atomic E-state index is 0.757. The zero-order chi connectivity index (χ0) is 11.2. The Morgan fingerprint density at radius 2 is 2.31 bits per heavy atom. The Morgan fingerprint density at radius 1 is 1.44 bits per heavy atom. The van der Waals surface area contributed by atoms with E-state index >= 15 is 0 Å². The van der Waals surface area contributed by atoms with Crippen molar-refractivity contribution in [3.63, 3.8) is 0 Å². The van der Waals surface area contributed by atoms with Gasteiger partial charge >= 0.3 is 0 Å². The second kappa shape index (κ2) is 5.85. The maximum absolute atomic E-state index is 5.66. The Balaban J connectivity index is 1.76. The molecule has 0 atom stereocenters. The monoisotopic (exact) mass is 220 g/mol. The van der Waals surface area contributed by atoms with Gasteiger partial charge in [0.25, 0.3) is 0 Å². The van der Waals surface area contributed by atoms with Crippen LogP contribution in [0.25, 0.3) is 0 Å². The van der Waals surface area contributed by atoms with Crippen LogP contribution in [-0.4, -0.2) is 18.6 Å². The Hall–Kier alpha value is -1.09. The average Bonchev–Trinajstić information content (AvgIpc) is 2.23. The lowest BCUT2D eigenvalue weighted by molar-refractivity contribution is 0.217. The Kier molecular flexibility index (Phi) is 4.17. The lowest BCUT2D eigenvalue weighted by Crippen LogP contribution is -2.15. The number of hydrogen-bond donors (Lipinski definition) is 1. The van der Waals surface area contributed by atoms with Crippen LogP contribution in [0.2, 0.25) is 0 Å². The highest BCUT2D eigenvalue weighted by Crippen LogP contribution is 2.29. The fraction of sp³-hybridized carbons (Fsp3) is 0.615. The van der Waals surface area contributed by atoms with Crippen molar-refractivity contribution in [2.75, 3.05) is 13.7 Å². The smallest absolute Gasteiger partial charge is 0.213 e. The second-order valence-electron chi connectivity index (χ2n) is 4.43. The van der Waals surface area contributed by atoms with Crippen molar-refractivity contribution in [1.29, 1.82) is 0 Å². The van der Waals surface area contributed by atoms with Gasteiger partial charge in [0.05, 0.1) is 12.3 Å². The summed E-state index contributed by atoms with van der Waals surface area (Å²) < 4.78 is 5.66. The number of aromatic nitrogens is 1. The van der Waals surface area contributed by atoms with Crippen LogP contribution in [0.5, 0.6) is 5.88 Å². The second-order valence-corrected chi connectivity index (χ2v) is 4.43. The zero-order valence-electron chi connectivity index (χ0n) is 9.91. The highest BCUT2D eigenvalue weighted by Gasteiger charge is 2.16. The molecule has 3 heteroatoms. The van der Waals surface area contributed by atoms with Crippen LogP contribution in [0, 0.1) is 5.92 Å². The molecular weight excluding hydrogens is 200 g/mol. The van der Waals surface area contributed by atoms with Crippen LogP contribution in [0.1, 0.15) is 31.4 Å². The SMILES string of the molecule is CNCc1cccc(OCCC2CCC2)n1. The van der Waals surface area contributed by atoms with Gasteiger partial charge in [0.15, 0.2) is 0 Å². The maximum Gasteiger partial charge on any atom is 0.213 e. The first-order valence-electron chi connectivity index (χ1n) is 6.12. The van der Waals surface area contributed by atoms with E-state index in [1.54, 1.807) is 0 Å². The predicted octanol–water partition coefficient (Wildman–Crippen LogP) is 2.37. The van der Waals surface area contributed by atoms with Gasteiger partial charge in [-0.05, 0) is 25.5 Å². The number of rotatable bonds is 6. The third-order valence-electron chi connectivity index (χ3n) is 3.14. The van der Waals surface area contributed by atoms with Crippen molar-refractivity contribution in [2.24, 2.45) is 5.92 Å². The van der Waals surface area contributed by atoms with Gasteiger partial charge in [-0.15, -0.1) is 0 Å². The normalized spacial score (nSPS) is 15.8. The van der Waals surface area contributed by atoms with E-state index in [1.807, 2.05) is 25.2 Å². The fourth-order valence-corrected chi connectivity index (χ4v) is 1.93. The minimum Gasteiger partial charge on any atom is -0.478 e. The van der Waals surface area contributed by atoms with Gasteiger partial charge in [-0.2, -0.15) is 0 Å². The van der Waals surface area contributed by atoms with E-state index in [4.69, 9.17) is 4.74 Å². The summed E-state index contributed by atoms with van der Waals surface area (Å²) in [4.78, 5) is 4.42. The molecule has 0 aliphatic heterocycles. The lowest BCUT2D eigenvalue weighted by Gasteiger charge is -2.24. The highest BCUT2D eigenvalue weighted by molar-refractivity contribution is 5.15. The van der Waals surface area contributed by atoms with E-state index in [1.165, 1.54) is 25.7 Å². The Labute approximate surface area is 97.2 Å². The molecule has 3 nitrogen and oxygen atoms in total. The number of pyridine rings is 1. The van der Waals surface area contributed by atoms with Gasteiger partial charge in [0, 0.05) is 12.6 Å². The summed E-state index contributed by atoms with van der Waals surface area (Å²) in [5, 5.41) is 3.09. The van der Waals surface area contributed by atoms with Crippen LogP contribution >= 0.6 is 0 Å². The first-order valence-corrected chi connectivity index (χ1v) is 6.12. The van der Waals surface area contributed by atoms with E-state index in [-0.39, 0.29) is 0 Å². The van der Waals surface area contributed by atoms with Crippen molar-refractivity contribution in [3.8, 4) is 5.88 Å². The summed E-state index contributed by atoms with van der Waals surface area (Å²) in [6.07, 6.45) is 5.35. The third kappa shape index (κ3) is 3.20. The van der Waals surface area contributed by atoms with E-state index < -0.39 is 0 Å². The van der Waals surface area contributed by atoms with Gasteiger partial charge in [0.1, 0.15) is 0 Å². The molecule has 0 aromatic carbocycles. The molecule has 1 heterocycles. The molecule has 16 heavy (non-hydrogen) atoms. The van der Waals surface area contributed by atoms with E-state index in [9.17, 15) is 0 Å². The minimum absolute atomic E-state index is 0.757. The molecule has 0 saturated heterocycles. The molecule has 0 radical (unpaired) electrons. The van der Waals surface area contributed by atoms with Crippen LogP contribution in [-0.2, 0) is 6.54 Å². The third-order valence-corrected chi connectivity index (χ3v) is 3.14. The van der Waals surface area contributed by atoms with Crippen molar-refractivity contribution >= 4 is 0 Å². The van der Waals surface area contributed by atoms with Crippen LogP contribution < -0.4 is 10.1 Å². The van der Waals surface area contributed by atoms with Crippen molar-refractivity contribution in [1.82, 2.24) is 10.3 Å². The van der Waals surface area contributed by atoms with Crippen LogP contribution in [0.3, 0.4) is 0 Å². The molecule has 0 bridgehead atoms. The number of nitrogens with one attached hydrogen (secondary N) is 1. The first kappa shape index (κ1) is 11.4. The van der Waals surface area contributed by atoms with Gasteiger partial charge in [-0.3, -0.25) is 0 Å². The largest absolute Gasteiger partial charge is 0.478 e. The molecule has 88 valence electrons. The molecule has 1 aliphatic carbocycles. The van der Waals surface area contributed by atoms with Crippen LogP contribution in [0.15, 0.2) is 18.2 Å². The maximum atomic E-state index is 5.66. The average molecular weight is 220 g/mol. The quantitative estimate of drug-likeness (QED) is 0.799. The molecular formula is C13H20N2O. The highest BCUT2D eigenvalue weighted by atomic mass is 16.5. The van der Waals surface area contributed by atoms with Crippen LogP contribution in [0.4, 0.5) is 0 Å². The lowest BCUT2D eigenvalue weighted by atomic mass is 9.83. The molecule has 0 amide bonds. The topological polar surface area (TPSA) is 34.1 Å². The van der Waals surface area contributed by atoms with Crippen molar-refractivity contribution in [3.05, 3.63) is 23.9 Å². The van der Waals surface area contributed by atoms with E-state index in [0.717, 1.165) is 30.6 Å². The molecule has 0 spiro atoms. The summed E-state index contributed by atoms with van der Waals surface area (Å²) in [6.45, 7) is 1.60. The molecule has 1 fully saturated rings. The van der Waals surface area contributed by atoms with Gasteiger partial charge in [-0.1, -0.05) is 25.3 Å². The van der Waals surface area contributed by atoms with Gasteiger partial charge in [0.2, 0.25) is 5.88 Å². The predicted molar refractivity (Wildman–Crippen MR) is 64.5 cm³/mol. The number of nitrogens with zero attached hydrogens (tertiary/aromatic N) is 1. The molecule has 1 saturated carbocycles. The molecule has 1 aliphatic rings. The summed E-state index contributed by atoms with van der Waals surface area (Å²) in [5.74, 6) is 1.66. The molecule has 1 N–H and O–H groups in total. The number of ether oxygens (including phenoxy) is 1. The van der Waals surface area contributed by atoms with E-state index in [0.29, 0.717) is 0 Å². The molecule has 0 unspecified atom stereocenters. The van der Waals surface area contributed by atoms with Crippen molar-refractivity contribution < 1.29 is 4.74 Å². The van der Waals surface area contributed by atoms with Gasteiger partial charge in [-0.25, -0.2) is 4.98 Å². The summed E-state index contributed by atoms with van der Waals surface area (Å²) in [5.41, 5.74) is 1.03. The zero-order valence-corrected chi connectivity index (χ0v) is 9.91. The molecule has 1 aromatic heterocycles. The summed E-state index contributed by atoms with van der Waals surface area (Å²) in [7, 11) is 1.92. The summed E-state index contributed by atoms with van der Waals surface area (Å²) >= 11 is 0. The molecule has 1 aromatic rings. The Morgan fingerprint density at radius 3 is 3.00 bits per heavy atom. The summed E-state index contributed by atoms with van der Waals surface area (Å²) in [6, 6.07) is 5.94. The van der Waals surface area contributed by atoms with E-state index in [2.05, 4.69) is 10.3 Å². The fourth-order valence-electron chi connectivity index (χ4n) is 1.93. The van der Waals surface area contributed by atoms with Gasteiger partial charge < -0.3 is 10.1 Å². The standard InChI is InChI=1S/C13H20N2O/c1-14-10-12-6-3-7-13(15-12)16-9-8-11-4-2-5-11/h3,6-7,11,14H,2,4-5,8-10H2,1H3. The van der Waals surface area contributed by atoms with Crippen molar-refractivity contribution in [2.45, 2.75) is 32.2 Å². The number of hydrogen-bond acceptors (Lipinski definition) is 3.